The average molecular weight is 518 g/mol. The van der Waals surface area contributed by atoms with Crippen LogP contribution >= 0.6 is 0 Å². The van der Waals surface area contributed by atoms with Gasteiger partial charge in [0.1, 0.15) is 17.1 Å². The first-order chi connectivity index (χ1) is 17.1. The third kappa shape index (κ3) is 9.04. The molecule has 0 unspecified atom stereocenters. The van der Waals surface area contributed by atoms with Crippen molar-refractivity contribution in [1.82, 2.24) is 16.4 Å². The number of rotatable bonds is 6. The normalized spacial score (nSPS) is 32.5. The first-order valence-corrected chi connectivity index (χ1v) is 11.4. The molecule has 3 aliphatic heterocycles. The Labute approximate surface area is 206 Å². The second-order valence-electron chi connectivity index (χ2n) is 7.61. The summed E-state index contributed by atoms with van der Waals surface area (Å²) >= 11 is 0. The number of hydrogen-bond acceptors (Lipinski definition) is 12. The van der Waals surface area contributed by atoms with E-state index in [9.17, 15) is 4.79 Å². The van der Waals surface area contributed by atoms with E-state index in [4.69, 9.17) is 23.8 Å². The first kappa shape index (κ1) is 28.9. The minimum Gasteiger partial charge on any atom is -0.532 e. The molecule has 19 heteroatoms. The Hall–Kier alpha value is -3.31. The Kier molecular flexibility index (Phi) is 11.0. The van der Waals surface area contributed by atoms with Crippen LogP contribution in [0.3, 0.4) is 0 Å². The number of carbonyl (C=O) groups excluding carboxylic acids is 1. The van der Waals surface area contributed by atoms with E-state index in [2.05, 4.69) is 41.2 Å². The minimum absolute atomic E-state index is 0.115. The molecule has 0 aromatic carbocycles. The molecule has 3 rings (SSSR count). The molecular formula is C17H30B2F2N8O7-2. The number of carbonyl (C=O) groups is 1. The maximum atomic E-state index is 15.6. The summed E-state index contributed by atoms with van der Waals surface area (Å²) in [5.41, 5.74) is 5.40. The van der Waals surface area contributed by atoms with Crippen LogP contribution in [0.15, 0.2) is 25.5 Å². The molecule has 3 N–H and O–H groups in total. The van der Waals surface area contributed by atoms with E-state index in [-0.39, 0.29) is 36.2 Å². The second kappa shape index (κ2) is 13.7. The Morgan fingerprint density at radius 2 is 1.14 bits per heavy atom. The van der Waals surface area contributed by atoms with Crippen LogP contribution in [0.2, 0.25) is 0 Å². The molecule has 3 heterocycles. The molecule has 0 fully saturated rings. The molecule has 0 saturated heterocycles. The van der Waals surface area contributed by atoms with Crippen LogP contribution in [0.5, 0.6) is 0 Å². The van der Waals surface area contributed by atoms with Crippen LogP contribution in [0.1, 0.15) is 60.3 Å². The third-order valence-electron chi connectivity index (χ3n) is 4.41. The van der Waals surface area contributed by atoms with Gasteiger partial charge in [0.15, 0.2) is 11.7 Å². The highest BCUT2D eigenvalue weighted by molar-refractivity contribution is 6.55. The van der Waals surface area contributed by atoms with Gasteiger partial charge in [-0.15, -0.1) is 15.5 Å². The van der Waals surface area contributed by atoms with Gasteiger partial charge in [-0.25, -0.2) is 0 Å². The number of fused-ring (bicyclic) bond motifs is 12. The van der Waals surface area contributed by atoms with Gasteiger partial charge in [0.05, 0.1) is 0 Å². The number of hydrogen-bond donors (Lipinski definition) is 3. The van der Waals surface area contributed by atoms with Crippen molar-refractivity contribution in [3.63, 3.8) is 0 Å². The monoisotopic (exact) mass is 518 g/mol. The fraction of sp³-hybridized carbons (Fsp3) is 0.647. The smallest absolute Gasteiger partial charge is 0.532 e. The van der Waals surface area contributed by atoms with Crippen LogP contribution in [0, 0.1) is 0 Å². The molecular weight excluding hydrogens is 488 g/mol. The molecule has 0 spiro atoms. The SMILES string of the molecule is CCCCN=C1NO[B-]2(F)O/N=C(/C)C(=O)NO[B-](F)(O/N=C\1C)O/N=C(/C)C(=NCCCC)NO2. The number of halogens is 2. The standard InChI is InChI=1S/C17H30B2F2N8O7/c1-6-8-10-22-15-12(3)24-31-18(20)32-25-13(4)16(23-11-9-7-2)28-35-19(21,34-27-15)33-26-14(5)17(30)29-36-18/h6-11H2,1-5H3,(H,22,27)(H,23,28)(H,29,30)/q-2/b24-12-,25-13-,26-14-. The minimum atomic E-state index is -4.35. The molecule has 1 amide bonds. The van der Waals surface area contributed by atoms with Crippen molar-refractivity contribution >= 4 is 48.8 Å². The molecule has 0 atom stereocenters. The van der Waals surface area contributed by atoms with Crippen LogP contribution in [0.4, 0.5) is 8.63 Å². The number of hydroxylamine groups is 3. The quantitative estimate of drug-likeness (QED) is 0.348. The summed E-state index contributed by atoms with van der Waals surface area (Å²) in [4.78, 5) is 20.5. The number of nitrogens with zero attached hydrogens (tertiary/aromatic N) is 5. The molecule has 2 bridgehead atoms. The summed E-state index contributed by atoms with van der Waals surface area (Å²) in [7, 11) is -8.64. The largest absolute Gasteiger partial charge is 0.750 e. The van der Waals surface area contributed by atoms with Crippen molar-refractivity contribution in [3.8, 4) is 0 Å². The molecule has 0 radical (unpaired) electrons. The van der Waals surface area contributed by atoms with E-state index >= 15 is 8.63 Å². The van der Waals surface area contributed by atoms with Gasteiger partial charge in [-0.2, -0.15) is 0 Å². The lowest BCUT2D eigenvalue weighted by Crippen LogP contribution is -2.53. The molecule has 0 aromatic heterocycles. The summed E-state index contributed by atoms with van der Waals surface area (Å²) in [6.07, 6.45) is 2.95. The summed E-state index contributed by atoms with van der Waals surface area (Å²) in [6, 6.07) is 0. The van der Waals surface area contributed by atoms with Crippen LogP contribution in [0.25, 0.3) is 0 Å². The van der Waals surface area contributed by atoms with Crippen molar-refractivity contribution in [3.05, 3.63) is 0 Å². The maximum Gasteiger partial charge on any atom is 0.750 e. The summed E-state index contributed by atoms with van der Waals surface area (Å²) in [5, 5.41) is 10.5. The number of oxime groups is 3. The Morgan fingerprint density at radius 3 is 1.61 bits per heavy atom. The topological polar surface area (TPSA) is 170 Å². The van der Waals surface area contributed by atoms with E-state index in [1.807, 2.05) is 13.8 Å². The molecule has 0 aromatic rings. The Morgan fingerprint density at radius 1 is 0.722 bits per heavy atom. The zero-order chi connectivity index (χ0) is 26.6. The first-order valence-electron chi connectivity index (χ1n) is 11.4. The van der Waals surface area contributed by atoms with Gasteiger partial charge < -0.3 is 37.2 Å². The molecule has 202 valence electrons. The zero-order valence-corrected chi connectivity index (χ0v) is 20.7. The highest BCUT2D eigenvalue weighted by Crippen LogP contribution is 2.15. The van der Waals surface area contributed by atoms with E-state index in [0.717, 1.165) is 19.8 Å². The fourth-order valence-electron chi connectivity index (χ4n) is 2.27. The van der Waals surface area contributed by atoms with Gasteiger partial charge >= 0.3 is 14.1 Å². The van der Waals surface area contributed by atoms with Gasteiger partial charge in [0.25, 0.3) is 5.91 Å². The second-order valence-corrected chi connectivity index (χ2v) is 7.61. The average Bonchev–Trinajstić information content (AvgIpc) is 2.86. The van der Waals surface area contributed by atoms with E-state index in [1.54, 1.807) is 5.48 Å². The van der Waals surface area contributed by atoms with Gasteiger partial charge in [0.2, 0.25) is 0 Å². The zero-order valence-electron chi connectivity index (χ0n) is 20.7. The van der Waals surface area contributed by atoms with E-state index < -0.39 is 25.7 Å². The number of unbranched alkanes of at least 4 members (excludes halogenated alkanes) is 2. The van der Waals surface area contributed by atoms with Crippen molar-refractivity contribution in [2.45, 2.75) is 60.3 Å². The van der Waals surface area contributed by atoms with Gasteiger partial charge in [-0.1, -0.05) is 26.7 Å². The maximum absolute atomic E-state index is 15.6. The van der Waals surface area contributed by atoms with Crippen LogP contribution in [-0.4, -0.2) is 61.9 Å². The van der Waals surface area contributed by atoms with Gasteiger partial charge in [-0.05, 0) is 33.6 Å². The van der Waals surface area contributed by atoms with E-state index in [0.29, 0.717) is 12.8 Å². The Balaban J connectivity index is 2.58. The third-order valence-corrected chi connectivity index (χ3v) is 4.41. The molecule has 15 nitrogen and oxygen atoms in total. The van der Waals surface area contributed by atoms with E-state index in [1.165, 1.54) is 13.8 Å². The summed E-state index contributed by atoms with van der Waals surface area (Å²) in [5.74, 6) is -1.45. The number of aliphatic imine (C=N–C) groups is 2. The van der Waals surface area contributed by atoms with Crippen LogP contribution < -0.4 is 16.4 Å². The predicted octanol–water partition coefficient (Wildman–Crippen LogP) is 1.49. The highest BCUT2D eigenvalue weighted by atomic mass is 19.1. The van der Waals surface area contributed by atoms with Crippen molar-refractivity contribution in [2.75, 3.05) is 13.1 Å². The number of nitrogens with one attached hydrogen (secondary N) is 3. The molecule has 0 saturated carbocycles. The number of amidine groups is 2. The van der Waals surface area contributed by atoms with Crippen LogP contribution in [-0.2, 0) is 33.3 Å². The molecule has 0 aliphatic carbocycles. The predicted molar refractivity (Wildman–Crippen MR) is 128 cm³/mol. The lowest BCUT2D eigenvalue weighted by atomic mass is 10.1. The van der Waals surface area contributed by atoms with Crippen molar-refractivity contribution in [2.24, 2.45) is 25.5 Å². The van der Waals surface area contributed by atoms with Gasteiger partial charge in [0, 0.05) is 13.1 Å². The van der Waals surface area contributed by atoms with Crippen molar-refractivity contribution in [1.29, 1.82) is 0 Å². The lowest BCUT2D eigenvalue weighted by molar-refractivity contribution is -0.126. The lowest BCUT2D eigenvalue weighted by Gasteiger charge is -2.33. The van der Waals surface area contributed by atoms with Gasteiger partial charge in [-0.3, -0.25) is 31.2 Å². The summed E-state index contributed by atoms with van der Waals surface area (Å²) in [6.45, 7) is 8.24. The Bertz CT molecular complexity index is 887. The number of amides is 1. The molecule has 3 aliphatic rings. The highest BCUT2D eigenvalue weighted by Gasteiger charge is 2.41. The summed E-state index contributed by atoms with van der Waals surface area (Å²) < 4.78 is 60.0. The molecule has 36 heavy (non-hydrogen) atoms. The fourth-order valence-corrected chi connectivity index (χ4v) is 2.27. The van der Waals surface area contributed by atoms with Crippen molar-refractivity contribution < 1.29 is 42.0 Å².